The quantitative estimate of drug-likeness (QED) is 0.354. The predicted octanol–water partition coefficient (Wildman–Crippen LogP) is 3.14. The van der Waals surface area contributed by atoms with Crippen LogP contribution in [0.1, 0.15) is 6.42 Å². The Labute approximate surface area is 139 Å². The Hall–Kier alpha value is -2.50. The number of carbonyl (C=O) groups excluding carboxylic acids is 1. The van der Waals surface area contributed by atoms with Crippen molar-refractivity contribution in [1.29, 1.82) is 0 Å². The van der Waals surface area contributed by atoms with Gasteiger partial charge in [-0.15, -0.1) is 0 Å². The maximum Gasteiger partial charge on any atom is 0.404 e. The molecule has 0 saturated carbocycles. The van der Waals surface area contributed by atoms with Crippen LogP contribution in [0, 0.1) is 33.4 Å². The van der Waals surface area contributed by atoms with Crippen LogP contribution in [0.25, 0.3) is 0 Å². The molecule has 1 aromatic carbocycles. The summed E-state index contributed by atoms with van der Waals surface area (Å²) in [5.74, 6) is -8.22. The number of benzene rings is 1. The molecule has 12 heteroatoms. The second-order valence-corrected chi connectivity index (χ2v) is 5.32. The van der Waals surface area contributed by atoms with Crippen molar-refractivity contribution >= 4 is 33.3 Å². The van der Waals surface area contributed by atoms with Gasteiger partial charge in [0.25, 0.3) is 0 Å². The van der Waals surface area contributed by atoms with Gasteiger partial charge in [-0.25, -0.2) is 17.6 Å². The predicted molar refractivity (Wildman–Crippen MR) is 76.1 cm³/mol. The van der Waals surface area contributed by atoms with E-state index in [2.05, 4.69) is 21.0 Å². The van der Waals surface area contributed by atoms with Crippen LogP contribution in [0.3, 0.4) is 0 Å². The molecule has 1 N–H and O–H groups in total. The van der Waals surface area contributed by atoms with E-state index < -0.39 is 52.0 Å². The van der Waals surface area contributed by atoms with E-state index in [1.54, 1.807) is 5.32 Å². The molecule has 0 aliphatic rings. The molecule has 0 aliphatic carbocycles. The first-order valence-electron chi connectivity index (χ1n) is 6.21. The van der Waals surface area contributed by atoms with Crippen LogP contribution < -0.4 is 5.32 Å². The van der Waals surface area contributed by atoms with E-state index in [4.69, 9.17) is 0 Å². The standard InChI is InChI=1S/C12H7BrF4N4O3/c13-5-4-20(19-12(5)21(23)24)2-1-8(22)18-11-9(16)6(14)3-7(15)10(11)17/h3-4H,1-2H2,(H,18,22). The van der Waals surface area contributed by atoms with Crippen molar-refractivity contribution in [2.45, 2.75) is 13.0 Å². The molecule has 0 spiro atoms. The van der Waals surface area contributed by atoms with Gasteiger partial charge in [0.15, 0.2) is 23.3 Å². The number of rotatable bonds is 5. The molecule has 2 aromatic rings. The summed E-state index contributed by atoms with van der Waals surface area (Å²) in [6.45, 7) is -0.167. The Bertz CT molecular complexity index is 801. The largest absolute Gasteiger partial charge is 0.404 e. The lowest BCUT2D eigenvalue weighted by atomic mass is 10.2. The van der Waals surface area contributed by atoms with Crippen molar-refractivity contribution in [2.75, 3.05) is 5.32 Å². The first kappa shape index (κ1) is 17.8. The van der Waals surface area contributed by atoms with Crippen molar-refractivity contribution in [2.24, 2.45) is 0 Å². The van der Waals surface area contributed by atoms with Crippen LogP contribution in [-0.4, -0.2) is 20.6 Å². The summed E-state index contributed by atoms with van der Waals surface area (Å²) >= 11 is 2.91. The van der Waals surface area contributed by atoms with Gasteiger partial charge in [0.2, 0.25) is 5.91 Å². The van der Waals surface area contributed by atoms with E-state index in [1.165, 1.54) is 6.20 Å². The number of aryl methyl sites for hydroxylation is 1. The Morgan fingerprint density at radius 2 is 1.88 bits per heavy atom. The van der Waals surface area contributed by atoms with Crippen molar-refractivity contribution in [3.05, 3.63) is 50.1 Å². The van der Waals surface area contributed by atoms with Crippen molar-refractivity contribution < 1.29 is 27.3 Å². The van der Waals surface area contributed by atoms with Crippen LogP contribution in [-0.2, 0) is 11.3 Å². The lowest BCUT2D eigenvalue weighted by molar-refractivity contribution is -0.390. The molecule has 0 fully saturated rings. The highest BCUT2D eigenvalue weighted by molar-refractivity contribution is 9.10. The molecule has 1 amide bonds. The molecular formula is C12H7BrF4N4O3. The molecular weight excluding hydrogens is 404 g/mol. The minimum atomic E-state index is -1.74. The fraction of sp³-hybridized carbons (Fsp3) is 0.167. The van der Waals surface area contributed by atoms with Gasteiger partial charge in [-0.2, -0.15) is 4.68 Å². The Morgan fingerprint density at radius 3 is 2.38 bits per heavy atom. The number of nitrogens with zero attached hydrogens (tertiary/aromatic N) is 3. The number of hydrogen-bond acceptors (Lipinski definition) is 4. The number of anilines is 1. The number of halogens is 5. The molecule has 1 heterocycles. The third-order valence-corrected chi connectivity index (χ3v) is 3.38. The second kappa shape index (κ2) is 6.95. The molecule has 0 saturated heterocycles. The molecule has 7 nitrogen and oxygen atoms in total. The lowest BCUT2D eigenvalue weighted by Gasteiger charge is -2.08. The third kappa shape index (κ3) is 3.69. The highest BCUT2D eigenvalue weighted by atomic mass is 79.9. The summed E-state index contributed by atoms with van der Waals surface area (Å²) in [5, 5.41) is 15.9. The highest BCUT2D eigenvalue weighted by Crippen LogP contribution is 2.25. The summed E-state index contributed by atoms with van der Waals surface area (Å²) < 4.78 is 54.0. The smallest absolute Gasteiger partial charge is 0.358 e. The molecule has 0 atom stereocenters. The Morgan fingerprint density at radius 1 is 1.29 bits per heavy atom. The van der Waals surface area contributed by atoms with Crippen molar-refractivity contribution in [3.63, 3.8) is 0 Å². The van der Waals surface area contributed by atoms with Gasteiger partial charge in [-0.3, -0.25) is 4.79 Å². The van der Waals surface area contributed by atoms with Crippen LogP contribution in [0.4, 0.5) is 29.1 Å². The first-order chi connectivity index (χ1) is 11.2. The van der Waals surface area contributed by atoms with E-state index in [9.17, 15) is 32.5 Å². The molecule has 0 radical (unpaired) electrons. The molecule has 0 bridgehead atoms. The zero-order valence-electron chi connectivity index (χ0n) is 11.5. The number of amides is 1. The van der Waals surface area contributed by atoms with Crippen LogP contribution in [0.5, 0.6) is 0 Å². The summed E-state index contributed by atoms with van der Waals surface area (Å²) in [4.78, 5) is 21.5. The third-order valence-electron chi connectivity index (χ3n) is 2.82. The van der Waals surface area contributed by atoms with Gasteiger partial charge in [0.05, 0.1) is 17.8 Å². The van der Waals surface area contributed by atoms with Gasteiger partial charge in [-0.05, 0) is 20.9 Å². The average Bonchev–Trinajstić information content (AvgIpc) is 2.89. The average molecular weight is 411 g/mol. The summed E-state index contributed by atoms with van der Waals surface area (Å²) in [7, 11) is 0. The van der Waals surface area contributed by atoms with E-state index in [0.29, 0.717) is 0 Å². The summed E-state index contributed by atoms with van der Waals surface area (Å²) in [6.07, 6.45) is 0.830. The first-order valence-corrected chi connectivity index (χ1v) is 7.00. The van der Waals surface area contributed by atoms with Crippen LogP contribution in [0.15, 0.2) is 16.7 Å². The SMILES string of the molecule is O=C(CCn1cc(Br)c([N+](=O)[O-])n1)Nc1c(F)c(F)cc(F)c1F. The topological polar surface area (TPSA) is 90.1 Å². The molecule has 128 valence electrons. The van der Waals surface area contributed by atoms with E-state index >= 15 is 0 Å². The second-order valence-electron chi connectivity index (χ2n) is 4.46. The molecule has 0 aliphatic heterocycles. The van der Waals surface area contributed by atoms with Crippen molar-refractivity contribution in [3.8, 4) is 0 Å². The van der Waals surface area contributed by atoms with Gasteiger partial charge in [0.1, 0.15) is 10.2 Å². The number of aromatic nitrogens is 2. The van der Waals surface area contributed by atoms with E-state index in [-0.39, 0.29) is 17.1 Å². The van der Waals surface area contributed by atoms with Gasteiger partial charge in [-0.1, -0.05) is 0 Å². The zero-order valence-corrected chi connectivity index (χ0v) is 13.1. The Balaban J connectivity index is 2.07. The van der Waals surface area contributed by atoms with Gasteiger partial charge < -0.3 is 15.4 Å². The molecule has 0 unspecified atom stereocenters. The van der Waals surface area contributed by atoms with Gasteiger partial charge in [0, 0.05) is 12.5 Å². The zero-order chi connectivity index (χ0) is 18.0. The highest BCUT2D eigenvalue weighted by Gasteiger charge is 2.22. The fourth-order valence-electron chi connectivity index (χ4n) is 1.73. The summed E-state index contributed by atoms with van der Waals surface area (Å²) in [6, 6.07) is 0.0146. The fourth-order valence-corrected chi connectivity index (χ4v) is 2.19. The lowest BCUT2D eigenvalue weighted by Crippen LogP contribution is -2.17. The van der Waals surface area contributed by atoms with Crippen LogP contribution >= 0.6 is 15.9 Å². The van der Waals surface area contributed by atoms with E-state index in [0.717, 1.165) is 4.68 Å². The maximum absolute atomic E-state index is 13.4. The maximum atomic E-state index is 13.4. The van der Waals surface area contributed by atoms with Crippen molar-refractivity contribution in [1.82, 2.24) is 9.78 Å². The van der Waals surface area contributed by atoms with Crippen LogP contribution in [0.2, 0.25) is 0 Å². The number of nitrogens with one attached hydrogen (secondary N) is 1. The molecule has 24 heavy (non-hydrogen) atoms. The van der Waals surface area contributed by atoms with E-state index in [1.807, 2.05) is 0 Å². The Kier molecular flexibility index (Phi) is 5.17. The monoisotopic (exact) mass is 410 g/mol. The minimum Gasteiger partial charge on any atom is -0.358 e. The number of nitro groups is 1. The van der Waals surface area contributed by atoms with Gasteiger partial charge >= 0.3 is 5.82 Å². The number of hydrogen-bond donors (Lipinski definition) is 1. The normalized spacial score (nSPS) is 10.7. The molecule has 1 aromatic heterocycles. The summed E-state index contributed by atoms with van der Waals surface area (Å²) in [5.41, 5.74) is -1.25. The number of carbonyl (C=O) groups is 1. The minimum absolute atomic E-state index is 0.0146. The molecule has 2 rings (SSSR count).